The van der Waals surface area contributed by atoms with Crippen molar-refractivity contribution in [3.63, 3.8) is 0 Å². The number of halogens is 2. The van der Waals surface area contributed by atoms with E-state index in [2.05, 4.69) is 0 Å². The number of nitrogens with zero attached hydrogens (tertiary/aromatic N) is 1. The van der Waals surface area contributed by atoms with Gasteiger partial charge in [-0.25, -0.2) is 0 Å². The van der Waals surface area contributed by atoms with Crippen LogP contribution in [-0.2, 0) is 0 Å². The zero-order chi connectivity index (χ0) is 13.9. The van der Waals surface area contributed by atoms with Crippen molar-refractivity contribution in [1.82, 2.24) is 0 Å². The minimum absolute atomic E-state index is 0. The number of nitrogens with two attached hydrogens (primary N) is 1. The first kappa shape index (κ1) is 18.1. The Morgan fingerprint density at radius 1 is 1.53 bits per heavy atom. The van der Waals surface area contributed by atoms with Crippen LogP contribution in [0, 0.1) is 16.0 Å². The van der Waals surface area contributed by atoms with Crippen LogP contribution in [0.1, 0.15) is 31.9 Å². The molecule has 0 saturated carbocycles. The molecule has 108 valence electrons. The fourth-order valence-corrected chi connectivity index (χ4v) is 1.86. The second kappa shape index (κ2) is 7.65. The van der Waals surface area contributed by atoms with Gasteiger partial charge in [-0.05, 0) is 17.5 Å². The van der Waals surface area contributed by atoms with Gasteiger partial charge < -0.3 is 10.8 Å². The van der Waals surface area contributed by atoms with Crippen molar-refractivity contribution in [2.75, 3.05) is 0 Å². The lowest BCUT2D eigenvalue weighted by Gasteiger charge is -2.24. The van der Waals surface area contributed by atoms with Crippen LogP contribution in [0.2, 0.25) is 5.02 Å². The minimum Gasteiger partial charge on any atom is -0.391 e. The van der Waals surface area contributed by atoms with Gasteiger partial charge in [0.25, 0.3) is 5.69 Å². The third-order valence-electron chi connectivity index (χ3n) is 3.15. The molecule has 0 aromatic heterocycles. The summed E-state index contributed by atoms with van der Waals surface area (Å²) in [5, 5.41) is 20.8. The predicted octanol–water partition coefficient (Wildman–Crippen LogP) is 3.08. The van der Waals surface area contributed by atoms with E-state index in [-0.39, 0.29) is 29.0 Å². The number of benzene rings is 1. The number of nitro benzene ring substituents is 1. The van der Waals surface area contributed by atoms with Crippen molar-refractivity contribution < 1.29 is 10.0 Å². The standard InChI is InChI=1S/C12H17ClN2O3.ClH/c1-3-7(2)12(16)11(14)8-4-5-9(13)10(6-8)15(17)18;/h4-7,11-12,16H,3,14H2,1-2H3;1H/t7?,11-,12+;/m0./s1. The van der Waals surface area contributed by atoms with E-state index >= 15 is 0 Å². The molecule has 0 amide bonds. The van der Waals surface area contributed by atoms with Crippen molar-refractivity contribution in [3.05, 3.63) is 38.9 Å². The molecule has 0 spiro atoms. The third-order valence-corrected chi connectivity index (χ3v) is 3.47. The Kier molecular flexibility index (Phi) is 7.29. The molecule has 0 aliphatic rings. The summed E-state index contributed by atoms with van der Waals surface area (Å²) in [4.78, 5) is 10.2. The van der Waals surface area contributed by atoms with Crippen LogP contribution in [0.4, 0.5) is 5.69 Å². The molecule has 3 atom stereocenters. The van der Waals surface area contributed by atoms with E-state index in [1.54, 1.807) is 6.07 Å². The highest BCUT2D eigenvalue weighted by Gasteiger charge is 2.24. The lowest BCUT2D eigenvalue weighted by Crippen LogP contribution is -2.31. The molecule has 0 heterocycles. The summed E-state index contributed by atoms with van der Waals surface area (Å²) in [5.41, 5.74) is 6.24. The molecule has 7 heteroatoms. The number of rotatable bonds is 5. The Bertz CT molecular complexity index is 443. The van der Waals surface area contributed by atoms with Gasteiger partial charge in [0, 0.05) is 6.07 Å². The van der Waals surface area contributed by atoms with Crippen LogP contribution in [0.15, 0.2) is 18.2 Å². The van der Waals surface area contributed by atoms with E-state index in [1.807, 2.05) is 13.8 Å². The van der Waals surface area contributed by atoms with E-state index in [9.17, 15) is 15.2 Å². The molecule has 0 saturated heterocycles. The van der Waals surface area contributed by atoms with Gasteiger partial charge in [0.05, 0.1) is 17.1 Å². The number of hydrogen-bond donors (Lipinski definition) is 2. The van der Waals surface area contributed by atoms with Gasteiger partial charge in [0.15, 0.2) is 0 Å². The van der Waals surface area contributed by atoms with Gasteiger partial charge >= 0.3 is 0 Å². The molecule has 0 aliphatic heterocycles. The Hall–Kier alpha value is -0.880. The van der Waals surface area contributed by atoms with Crippen molar-refractivity contribution >= 4 is 29.7 Å². The summed E-state index contributed by atoms with van der Waals surface area (Å²) in [6.07, 6.45) is 0.0423. The topological polar surface area (TPSA) is 89.4 Å². The van der Waals surface area contributed by atoms with Gasteiger partial charge in [0.2, 0.25) is 0 Å². The maximum Gasteiger partial charge on any atom is 0.288 e. The zero-order valence-electron chi connectivity index (χ0n) is 10.7. The third kappa shape index (κ3) is 4.31. The first-order valence-electron chi connectivity index (χ1n) is 5.76. The van der Waals surface area contributed by atoms with Crippen molar-refractivity contribution in [3.8, 4) is 0 Å². The summed E-state index contributed by atoms with van der Waals surface area (Å²) in [6.45, 7) is 3.83. The molecule has 3 N–H and O–H groups in total. The van der Waals surface area contributed by atoms with E-state index < -0.39 is 17.1 Å². The molecule has 1 aromatic carbocycles. The second-order valence-corrected chi connectivity index (χ2v) is 4.78. The maximum atomic E-state index is 10.8. The Balaban J connectivity index is 0.00000324. The van der Waals surface area contributed by atoms with Crippen molar-refractivity contribution in [2.24, 2.45) is 11.7 Å². The number of hydrogen-bond acceptors (Lipinski definition) is 4. The van der Waals surface area contributed by atoms with Crippen LogP contribution in [-0.4, -0.2) is 16.1 Å². The Morgan fingerprint density at radius 2 is 2.11 bits per heavy atom. The molecule has 0 bridgehead atoms. The van der Waals surface area contributed by atoms with Gasteiger partial charge in [0.1, 0.15) is 5.02 Å². The molecule has 1 aromatic rings. The largest absolute Gasteiger partial charge is 0.391 e. The molecule has 0 fully saturated rings. The van der Waals surface area contributed by atoms with E-state index in [0.29, 0.717) is 5.56 Å². The number of aliphatic hydroxyl groups excluding tert-OH is 1. The average molecular weight is 309 g/mol. The highest BCUT2D eigenvalue weighted by molar-refractivity contribution is 6.32. The SMILES string of the molecule is CCC(C)[C@@H](O)[C@@H](N)c1ccc(Cl)c([N+](=O)[O-])c1.Cl. The van der Waals surface area contributed by atoms with Gasteiger partial charge in [-0.3, -0.25) is 10.1 Å². The normalized spacial score (nSPS) is 15.2. The van der Waals surface area contributed by atoms with Gasteiger partial charge in [-0.1, -0.05) is 37.9 Å². The number of aliphatic hydroxyl groups is 1. The van der Waals surface area contributed by atoms with Crippen molar-refractivity contribution in [1.29, 1.82) is 0 Å². The summed E-state index contributed by atoms with van der Waals surface area (Å²) < 4.78 is 0. The number of nitro groups is 1. The average Bonchev–Trinajstić information content (AvgIpc) is 2.36. The van der Waals surface area contributed by atoms with Crippen LogP contribution in [0.5, 0.6) is 0 Å². The lowest BCUT2D eigenvalue weighted by molar-refractivity contribution is -0.384. The summed E-state index contributed by atoms with van der Waals surface area (Å²) in [6, 6.07) is 3.69. The quantitative estimate of drug-likeness (QED) is 0.646. The summed E-state index contributed by atoms with van der Waals surface area (Å²) in [7, 11) is 0. The molecule has 0 radical (unpaired) electrons. The first-order valence-corrected chi connectivity index (χ1v) is 6.13. The van der Waals surface area contributed by atoms with Crippen molar-refractivity contribution in [2.45, 2.75) is 32.4 Å². The van der Waals surface area contributed by atoms with Gasteiger partial charge in [-0.15, -0.1) is 12.4 Å². The zero-order valence-corrected chi connectivity index (χ0v) is 12.3. The van der Waals surface area contributed by atoms with E-state index in [4.69, 9.17) is 17.3 Å². The smallest absolute Gasteiger partial charge is 0.288 e. The Labute approximate surface area is 123 Å². The molecular formula is C12H18Cl2N2O3. The second-order valence-electron chi connectivity index (χ2n) is 4.37. The predicted molar refractivity (Wildman–Crippen MR) is 77.7 cm³/mol. The highest BCUT2D eigenvalue weighted by atomic mass is 35.5. The van der Waals surface area contributed by atoms with Crippen LogP contribution in [0.3, 0.4) is 0 Å². The molecular weight excluding hydrogens is 291 g/mol. The lowest BCUT2D eigenvalue weighted by atomic mass is 9.91. The fourth-order valence-electron chi connectivity index (χ4n) is 1.67. The minimum atomic E-state index is -0.740. The maximum absolute atomic E-state index is 10.8. The molecule has 5 nitrogen and oxygen atoms in total. The van der Waals surface area contributed by atoms with E-state index in [0.717, 1.165) is 6.42 Å². The summed E-state index contributed by atoms with van der Waals surface area (Å²) >= 11 is 5.72. The van der Waals surface area contributed by atoms with E-state index in [1.165, 1.54) is 12.1 Å². The molecule has 1 unspecified atom stereocenters. The molecule has 0 aliphatic carbocycles. The first-order chi connectivity index (χ1) is 8.38. The highest BCUT2D eigenvalue weighted by Crippen LogP contribution is 2.29. The van der Waals surface area contributed by atoms with Crippen LogP contribution in [0.25, 0.3) is 0 Å². The van der Waals surface area contributed by atoms with Gasteiger partial charge in [-0.2, -0.15) is 0 Å². The Morgan fingerprint density at radius 3 is 2.58 bits per heavy atom. The monoisotopic (exact) mass is 308 g/mol. The molecule has 19 heavy (non-hydrogen) atoms. The fraction of sp³-hybridized carbons (Fsp3) is 0.500. The van der Waals surface area contributed by atoms with Crippen LogP contribution < -0.4 is 5.73 Å². The summed E-state index contributed by atoms with van der Waals surface area (Å²) in [5.74, 6) is 0.0229. The van der Waals surface area contributed by atoms with Crippen LogP contribution >= 0.6 is 24.0 Å². The molecule has 1 rings (SSSR count).